The number of nitrogens with two attached hydrogens (primary N) is 1. The summed E-state index contributed by atoms with van der Waals surface area (Å²) in [6.45, 7) is 7.85. The molecule has 1 fully saturated rings. The number of benzene rings is 1. The predicted molar refractivity (Wildman–Crippen MR) is 96.9 cm³/mol. The average Bonchev–Trinajstić information content (AvgIpc) is 3.04. The molecule has 0 amide bonds. The summed E-state index contributed by atoms with van der Waals surface area (Å²) in [4.78, 5) is 4.95. The van der Waals surface area contributed by atoms with Crippen LogP contribution in [0.5, 0.6) is 0 Å². The lowest BCUT2D eigenvalue weighted by atomic mass is 9.74. The topological polar surface area (TPSA) is 48.1 Å². The van der Waals surface area contributed by atoms with E-state index in [0.29, 0.717) is 6.54 Å². The van der Waals surface area contributed by atoms with Crippen LogP contribution in [0.3, 0.4) is 0 Å². The Kier molecular flexibility index (Phi) is 4.59. The van der Waals surface area contributed by atoms with Gasteiger partial charge in [0.05, 0.1) is 11.3 Å². The van der Waals surface area contributed by atoms with Gasteiger partial charge >= 0.3 is 0 Å². The lowest BCUT2D eigenvalue weighted by Gasteiger charge is -2.43. The summed E-state index contributed by atoms with van der Waals surface area (Å²) in [5.74, 6) is 0. The van der Waals surface area contributed by atoms with Gasteiger partial charge in [0.15, 0.2) is 0 Å². The Balaban J connectivity index is 1.90. The highest BCUT2D eigenvalue weighted by Gasteiger charge is 2.43. The second-order valence-electron chi connectivity index (χ2n) is 7.11. The maximum atomic E-state index is 6.19. The van der Waals surface area contributed by atoms with Crippen molar-refractivity contribution in [3.05, 3.63) is 40.2 Å². The zero-order valence-electron chi connectivity index (χ0n) is 14.3. The lowest BCUT2D eigenvalue weighted by molar-refractivity contribution is -0.0806. The number of rotatable bonds is 4. The zero-order valence-corrected chi connectivity index (χ0v) is 15.1. The number of hydrogen-bond acceptors (Lipinski definition) is 4. The minimum atomic E-state index is -0.133. The summed E-state index contributed by atoms with van der Waals surface area (Å²) in [6, 6.07) is 8.70. The fourth-order valence-corrected chi connectivity index (χ4v) is 4.55. The molecule has 1 aliphatic heterocycles. The maximum absolute atomic E-state index is 6.19. The fraction of sp³-hybridized carbons (Fsp3) is 0.526. The first-order valence-corrected chi connectivity index (χ1v) is 9.25. The van der Waals surface area contributed by atoms with Crippen LogP contribution in [0.2, 0.25) is 0 Å². The predicted octanol–water partition coefficient (Wildman–Crippen LogP) is 4.16. The molecule has 2 N–H and O–H groups in total. The molecule has 3 nitrogen and oxygen atoms in total. The molecule has 23 heavy (non-hydrogen) atoms. The minimum Gasteiger partial charge on any atom is -0.376 e. The number of nitrogens with zero attached hydrogens (tertiary/aromatic N) is 1. The van der Waals surface area contributed by atoms with Crippen molar-refractivity contribution >= 4 is 11.3 Å². The van der Waals surface area contributed by atoms with E-state index in [2.05, 4.69) is 50.4 Å². The SMILES string of the molecule is CCc1ccc(-c2csc(C3(CN)CCOC(C)(C)C3)n2)cc1. The Morgan fingerprint density at radius 3 is 2.61 bits per heavy atom. The second kappa shape index (κ2) is 6.34. The first kappa shape index (κ1) is 16.6. The van der Waals surface area contributed by atoms with Gasteiger partial charge in [-0.25, -0.2) is 4.98 Å². The van der Waals surface area contributed by atoms with Crippen molar-refractivity contribution in [3.8, 4) is 11.3 Å². The molecule has 1 unspecified atom stereocenters. The first-order chi connectivity index (χ1) is 11.0. The molecule has 1 aliphatic rings. The number of aryl methyl sites for hydroxylation is 1. The molecule has 0 aliphatic carbocycles. The van der Waals surface area contributed by atoms with E-state index in [4.69, 9.17) is 15.5 Å². The summed E-state index contributed by atoms with van der Waals surface area (Å²) >= 11 is 1.74. The minimum absolute atomic E-state index is 0.0476. The third-order valence-corrected chi connectivity index (χ3v) is 5.93. The van der Waals surface area contributed by atoms with Gasteiger partial charge in [0.2, 0.25) is 0 Å². The molecule has 0 radical (unpaired) electrons. The third-order valence-electron chi connectivity index (χ3n) is 4.84. The highest BCUT2D eigenvalue weighted by molar-refractivity contribution is 7.10. The number of aromatic nitrogens is 1. The van der Waals surface area contributed by atoms with Crippen LogP contribution in [0.1, 0.15) is 44.2 Å². The van der Waals surface area contributed by atoms with Crippen molar-refractivity contribution in [2.24, 2.45) is 5.73 Å². The second-order valence-corrected chi connectivity index (χ2v) is 7.97. The van der Waals surface area contributed by atoms with Crippen LogP contribution in [-0.2, 0) is 16.6 Å². The summed E-state index contributed by atoms with van der Waals surface area (Å²) in [5.41, 5.74) is 9.61. The van der Waals surface area contributed by atoms with E-state index >= 15 is 0 Å². The highest BCUT2D eigenvalue weighted by atomic mass is 32.1. The Bertz CT molecular complexity index is 662. The molecular weight excluding hydrogens is 304 g/mol. The number of ether oxygens (including phenoxy) is 1. The quantitative estimate of drug-likeness (QED) is 0.916. The van der Waals surface area contributed by atoms with Gasteiger partial charge in [-0.2, -0.15) is 0 Å². The van der Waals surface area contributed by atoms with Crippen LogP contribution in [-0.4, -0.2) is 23.7 Å². The van der Waals surface area contributed by atoms with E-state index in [1.54, 1.807) is 11.3 Å². The van der Waals surface area contributed by atoms with E-state index in [9.17, 15) is 0 Å². The largest absolute Gasteiger partial charge is 0.376 e. The van der Waals surface area contributed by atoms with E-state index in [-0.39, 0.29) is 11.0 Å². The monoisotopic (exact) mass is 330 g/mol. The maximum Gasteiger partial charge on any atom is 0.101 e. The lowest BCUT2D eigenvalue weighted by Crippen LogP contribution is -2.48. The first-order valence-electron chi connectivity index (χ1n) is 8.37. The molecule has 3 rings (SSSR count). The van der Waals surface area contributed by atoms with Gasteiger partial charge in [0.1, 0.15) is 5.01 Å². The molecule has 2 heterocycles. The molecule has 0 saturated carbocycles. The third kappa shape index (κ3) is 3.35. The summed E-state index contributed by atoms with van der Waals surface area (Å²) in [7, 11) is 0. The van der Waals surface area contributed by atoms with Crippen molar-refractivity contribution in [2.75, 3.05) is 13.2 Å². The standard InChI is InChI=1S/C19H26N2OS/c1-4-14-5-7-15(8-6-14)16-11-23-17(21-16)19(13-20)9-10-22-18(2,3)12-19/h5-8,11H,4,9-10,12-13,20H2,1-3H3. The van der Waals surface area contributed by atoms with Gasteiger partial charge in [-0.3, -0.25) is 0 Å². The van der Waals surface area contributed by atoms with E-state index < -0.39 is 0 Å². The van der Waals surface area contributed by atoms with Gasteiger partial charge in [0, 0.05) is 29.5 Å². The van der Waals surface area contributed by atoms with E-state index in [0.717, 1.165) is 36.6 Å². The van der Waals surface area contributed by atoms with Crippen molar-refractivity contribution in [2.45, 2.75) is 51.0 Å². The van der Waals surface area contributed by atoms with Crippen LogP contribution in [0.15, 0.2) is 29.6 Å². The molecule has 0 bridgehead atoms. The van der Waals surface area contributed by atoms with Crippen molar-refractivity contribution in [1.29, 1.82) is 0 Å². The molecule has 1 saturated heterocycles. The zero-order chi connectivity index (χ0) is 16.5. The van der Waals surface area contributed by atoms with Gasteiger partial charge < -0.3 is 10.5 Å². The van der Waals surface area contributed by atoms with Crippen LogP contribution in [0, 0.1) is 0 Å². The van der Waals surface area contributed by atoms with Crippen LogP contribution >= 0.6 is 11.3 Å². The molecule has 0 spiro atoms. The van der Waals surface area contributed by atoms with Crippen LogP contribution in [0.25, 0.3) is 11.3 Å². The van der Waals surface area contributed by atoms with Gasteiger partial charge in [-0.05, 0) is 38.7 Å². The summed E-state index contributed by atoms with van der Waals surface area (Å²) in [6.07, 6.45) is 2.95. The highest BCUT2D eigenvalue weighted by Crippen LogP contribution is 2.42. The van der Waals surface area contributed by atoms with E-state index in [1.165, 1.54) is 11.1 Å². The number of hydrogen-bond donors (Lipinski definition) is 1. The average molecular weight is 330 g/mol. The molecule has 1 atom stereocenters. The Hall–Kier alpha value is -1.23. The molecule has 1 aromatic heterocycles. The Morgan fingerprint density at radius 2 is 2.00 bits per heavy atom. The van der Waals surface area contributed by atoms with Crippen molar-refractivity contribution in [1.82, 2.24) is 4.98 Å². The van der Waals surface area contributed by atoms with Crippen LogP contribution in [0.4, 0.5) is 0 Å². The smallest absolute Gasteiger partial charge is 0.101 e. The van der Waals surface area contributed by atoms with E-state index in [1.807, 2.05) is 0 Å². The number of thiazole rings is 1. The fourth-order valence-electron chi connectivity index (χ4n) is 3.48. The Labute approximate surface area is 142 Å². The van der Waals surface area contributed by atoms with Gasteiger partial charge in [0.25, 0.3) is 0 Å². The van der Waals surface area contributed by atoms with Crippen molar-refractivity contribution in [3.63, 3.8) is 0 Å². The summed E-state index contributed by atoms with van der Waals surface area (Å²) < 4.78 is 5.88. The summed E-state index contributed by atoms with van der Waals surface area (Å²) in [5, 5.41) is 3.32. The molecule has 124 valence electrons. The molecule has 2 aromatic rings. The van der Waals surface area contributed by atoms with Gasteiger partial charge in [-0.15, -0.1) is 11.3 Å². The normalized spacial score (nSPS) is 23.8. The molecule has 1 aromatic carbocycles. The Morgan fingerprint density at radius 1 is 1.26 bits per heavy atom. The van der Waals surface area contributed by atoms with Gasteiger partial charge in [-0.1, -0.05) is 31.2 Å². The molecular formula is C19H26N2OS. The molecule has 4 heteroatoms. The van der Waals surface area contributed by atoms with Crippen molar-refractivity contribution < 1.29 is 4.74 Å². The van der Waals surface area contributed by atoms with Crippen LogP contribution < -0.4 is 5.73 Å².